The van der Waals surface area contributed by atoms with E-state index in [0.29, 0.717) is 6.29 Å². The van der Waals surface area contributed by atoms with E-state index in [1.54, 1.807) is 0 Å². The lowest BCUT2D eigenvalue weighted by molar-refractivity contribution is -0.107. The van der Waals surface area contributed by atoms with Gasteiger partial charge in [0.15, 0.2) is 0 Å². The van der Waals surface area contributed by atoms with E-state index in [4.69, 9.17) is 5.11 Å². The van der Waals surface area contributed by atoms with Crippen molar-refractivity contribution in [3.63, 3.8) is 0 Å². The van der Waals surface area contributed by atoms with Crippen LogP contribution < -0.4 is 10.6 Å². The van der Waals surface area contributed by atoms with Gasteiger partial charge in [-0.25, -0.2) is 4.79 Å². The van der Waals surface area contributed by atoms with Crippen molar-refractivity contribution in [3.05, 3.63) is 0 Å². The van der Waals surface area contributed by atoms with Crippen molar-refractivity contribution in [1.29, 1.82) is 0 Å². The summed E-state index contributed by atoms with van der Waals surface area (Å²) in [5, 5.41) is 12.8. The summed E-state index contributed by atoms with van der Waals surface area (Å²) in [5.74, 6) is 0. The topological polar surface area (TPSA) is 78.4 Å². The standard InChI is InChI=1S/C5H10N2O3/c8-3-1-6-5(10)7-2-4-9/h3,9H,1-2,4H2,(H2,6,7,10). The van der Waals surface area contributed by atoms with Gasteiger partial charge in [-0.05, 0) is 0 Å². The number of urea groups is 1. The third-order valence-corrected chi connectivity index (χ3v) is 0.743. The number of amides is 2. The summed E-state index contributed by atoms with van der Waals surface area (Å²) in [7, 11) is 0. The predicted molar refractivity (Wildman–Crippen MR) is 34.6 cm³/mol. The lowest BCUT2D eigenvalue weighted by Gasteiger charge is -2.01. The Morgan fingerprint density at radius 2 is 2.20 bits per heavy atom. The second kappa shape index (κ2) is 6.03. The molecule has 0 atom stereocenters. The maximum Gasteiger partial charge on any atom is 0.315 e. The lowest BCUT2D eigenvalue weighted by Crippen LogP contribution is -2.37. The maximum atomic E-state index is 10.5. The molecule has 10 heavy (non-hydrogen) atoms. The number of carbonyl (C=O) groups is 2. The molecule has 2 amide bonds. The summed E-state index contributed by atoms with van der Waals surface area (Å²) in [6.07, 6.45) is 0.582. The molecule has 0 radical (unpaired) electrons. The van der Waals surface area contributed by atoms with Crippen molar-refractivity contribution < 1.29 is 14.7 Å². The number of hydrogen-bond donors (Lipinski definition) is 3. The summed E-state index contributed by atoms with van der Waals surface area (Å²) < 4.78 is 0. The van der Waals surface area contributed by atoms with Gasteiger partial charge in [0, 0.05) is 6.54 Å². The molecule has 0 aliphatic carbocycles. The summed E-state index contributed by atoms with van der Waals surface area (Å²) in [5.41, 5.74) is 0. The molecule has 5 nitrogen and oxygen atoms in total. The fourth-order valence-corrected chi connectivity index (χ4v) is 0.366. The van der Waals surface area contributed by atoms with Crippen LogP contribution in [0.4, 0.5) is 4.79 Å². The van der Waals surface area contributed by atoms with E-state index >= 15 is 0 Å². The fourth-order valence-electron chi connectivity index (χ4n) is 0.366. The van der Waals surface area contributed by atoms with Crippen LogP contribution in [0.15, 0.2) is 0 Å². The number of aliphatic hydroxyl groups is 1. The second-order valence-corrected chi connectivity index (χ2v) is 1.53. The monoisotopic (exact) mass is 146 g/mol. The summed E-state index contributed by atoms with van der Waals surface area (Å²) in [6, 6.07) is -0.443. The Bertz CT molecular complexity index is 115. The number of aliphatic hydroxyl groups excluding tert-OH is 1. The Kier molecular flexibility index (Phi) is 5.36. The van der Waals surface area contributed by atoms with Crippen LogP contribution in [-0.4, -0.2) is 37.1 Å². The van der Waals surface area contributed by atoms with E-state index in [2.05, 4.69) is 10.6 Å². The van der Waals surface area contributed by atoms with Crippen LogP contribution in [0.1, 0.15) is 0 Å². The van der Waals surface area contributed by atoms with Gasteiger partial charge in [0.05, 0.1) is 13.2 Å². The van der Waals surface area contributed by atoms with Crippen LogP contribution in [0, 0.1) is 0 Å². The number of aldehydes is 1. The van der Waals surface area contributed by atoms with Crippen molar-refractivity contribution in [2.45, 2.75) is 0 Å². The molecule has 0 aromatic heterocycles. The van der Waals surface area contributed by atoms with Gasteiger partial charge >= 0.3 is 6.03 Å². The molecule has 0 fully saturated rings. The second-order valence-electron chi connectivity index (χ2n) is 1.53. The maximum absolute atomic E-state index is 10.5. The highest BCUT2D eigenvalue weighted by Gasteiger charge is 1.94. The van der Waals surface area contributed by atoms with Gasteiger partial charge in [0.1, 0.15) is 6.29 Å². The zero-order valence-electron chi connectivity index (χ0n) is 5.46. The highest BCUT2D eigenvalue weighted by molar-refractivity contribution is 5.76. The minimum Gasteiger partial charge on any atom is -0.395 e. The van der Waals surface area contributed by atoms with Gasteiger partial charge in [-0.15, -0.1) is 0 Å². The van der Waals surface area contributed by atoms with E-state index in [1.807, 2.05) is 0 Å². The van der Waals surface area contributed by atoms with Gasteiger partial charge < -0.3 is 20.5 Å². The van der Waals surface area contributed by atoms with Crippen molar-refractivity contribution >= 4 is 12.3 Å². The van der Waals surface area contributed by atoms with Crippen LogP contribution in [0.25, 0.3) is 0 Å². The van der Waals surface area contributed by atoms with Crippen LogP contribution in [-0.2, 0) is 4.79 Å². The first kappa shape index (κ1) is 8.90. The first-order valence-electron chi connectivity index (χ1n) is 2.87. The molecule has 0 spiro atoms. The van der Waals surface area contributed by atoms with Gasteiger partial charge in [-0.2, -0.15) is 0 Å². The molecule has 3 N–H and O–H groups in total. The minimum absolute atomic E-state index is 0.00272. The average molecular weight is 146 g/mol. The summed E-state index contributed by atoms with van der Waals surface area (Å²) in [4.78, 5) is 20.2. The van der Waals surface area contributed by atoms with Crippen LogP contribution in [0.5, 0.6) is 0 Å². The highest BCUT2D eigenvalue weighted by atomic mass is 16.3. The first-order chi connectivity index (χ1) is 4.81. The molecule has 0 aromatic carbocycles. The van der Waals surface area contributed by atoms with Gasteiger partial charge in [-0.1, -0.05) is 0 Å². The van der Waals surface area contributed by atoms with Crippen LogP contribution in [0.2, 0.25) is 0 Å². The van der Waals surface area contributed by atoms with Crippen LogP contribution >= 0.6 is 0 Å². The molecule has 0 aliphatic heterocycles. The van der Waals surface area contributed by atoms with E-state index < -0.39 is 6.03 Å². The van der Waals surface area contributed by atoms with Gasteiger partial charge in [0.2, 0.25) is 0 Å². The number of carbonyl (C=O) groups excluding carboxylic acids is 2. The van der Waals surface area contributed by atoms with Crippen molar-refractivity contribution in [3.8, 4) is 0 Å². The summed E-state index contributed by atoms with van der Waals surface area (Å²) in [6.45, 7) is 0.0937. The molecular formula is C5H10N2O3. The quantitative estimate of drug-likeness (QED) is 0.421. The normalized spacial score (nSPS) is 8.50. The smallest absolute Gasteiger partial charge is 0.315 e. The average Bonchev–Trinajstić information content (AvgIpc) is 1.97. The van der Waals surface area contributed by atoms with E-state index in [9.17, 15) is 9.59 Å². The Labute approximate surface area is 58.4 Å². The van der Waals surface area contributed by atoms with Crippen LogP contribution in [0.3, 0.4) is 0 Å². The number of nitrogens with one attached hydrogen (secondary N) is 2. The number of hydrogen-bond acceptors (Lipinski definition) is 3. The zero-order valence-corrected chi connectivity index (χ0v) is 5.46. The molecule has 0 rings (SSSR count). The molecule has 0 unspecified atom stereocenters. The van der Waals surface area contributed by atoms with E-state index in [0.717, 1.165) is 0 Å². The van der Waals surface area contributed by atoms with Gasteiger partial charge in [0.25, 0.3) is 0 Å². The Morgan fingerprint density at radius 1 is 1.50 bits per heavy atom. The van der Waals surface area contributed by atoms with Crippen molar-refractivity contribution in [2.75, 3.05) is 19.7 Å². The Hall–Kier alpha value is -1.10. The van der Waals surface area contributed by atoms with Crippen molar-refractivity contribution in [1.82, 2.24) is 10.6 Å². The largest absolute Gasteiger partial charge is 0.395 e. The van der Waals surface area contributed by atoms with E-state index in [1.165, 1.54) is 0 Å². The molecule has 0 aliphatic rings. The molecule has 0 aromatic rings. The molecule has 0 saturated carbocycles. The lowest BCUT2D eigenvalue weighted by atomic mass is 10.6. The molecule has 58 valence electrons. The predicted octanol–water partition coefficient (Wildman–Crippen LogP) is -1.52. The third kappa shape index (κ3) is 5.04. The Balaban J connectivity index is 3.16. The molecular weight excluding hydrogens is 136 g/mol. The summed E-state index contributed by atoms with van der Waals surface area (Å²) >= 11 is 0. The third-order valence-electron chi connectivity index (χ3n) is 0.743. The first-order valence-corrected chi connectivity index (χ1v) is 2.87. The van der Waals surface area contributed by atoms with E-state index in [-0.39, 0.29) is 19.7 Å². The highest BCUT2D eigenvalue weighted by Crippen LogP contribution is 1.61. The number of rotatable bonds is 4. The molecule has 0 bridgehead atoms. The molecule has 0 saturated heterocycles. The molecule has 0 heterocycles. The zero-order chi connectivity index (χ0) is 7.82. The van der Waals surface area contributed by atoms with Gasteiger partial charge in [-0.3, -0.25) is 0 Å². The SMILES string of the molecule is O=CCNC(=O)NCCO. The Morgan fingerprint density at radius 3 is 2.70 bits per heavy atom. The minimum atomic E-state index is -0.443. The fraction of sp³-hybridized carbons (Fsp3) is 0.600. The molecule has 5 heteroatoms. The van der Waals surface area contributed by atoms with Crippen molar-refractivity contribution in [2.24, 2.45) is 0 Å².